The van der Waals surface area contributed by atoms with Gasteiger partial charge in [0.2, 0.25) is 5.95 Å². The van der Waals surface area contributed by atoms with Gasteiger partial charge in [0.15, 0.2) is 5.78 Å². The van der Waals surface area contributed by atoms with E-state index in [-0.39, 0.29) is 11.6 Å². The maximum atomic E-state index is 13.2. The van der Waals surface area contributed by atoms with E-state index in [9.17, 15) is 9.18 Å². The number of rotatable bonds is 7. The van der Waals surface area contributed by atoms with E-state index in [1.165, 1.54) is 12.1 Å². The first-order valence-corrected chi connectivity index (χ1v) is 11.7. The van der Waals surface area contributed by atoms with E-state index in [0.717, 1.165) is 54.4 Å². The van der Waals surface area contributed by atoms with Crippen molar-refractivity contribution in [2.24, 2.45) is 0 Å². The van der Waals surface area contributed by atoms with E-state index in [4.69, 9.17) is 0 Å². The number of piperazine rings is 1. The largest absolute Gasteiger partial charge is 0.344 e. The summed E-state index contributed by atoms with van der Waals surface area (Å²) in [5.41, 5.74) is 4.63. The topological polar surface area (TPSA) is 72.1 Å². The smallest absolute Gasteiger partial charge is 0.250 e. The number of hydrogen-bond donors (Lipinski definition) is 0. The second-order valence-corrected chi connectivity index (χ2v) is 8.91. The van der Waals surface area contributed by atoms with Gasteiger partial charge in [0.25, 0.3) is 0 Å². The molecule has 0 saturated carbocycles. The average molecular weight is 474 g/mol. The minimum absolute atomic E-state index is 0.117. The normalized spacial score (nSPS) is 14.4. The Morgan fingerprint density at radius 2 is 1.69 bits per heavy atom. The fraction of sp³-hybridized carbons (Fsp3) is 0.308. The van der Waals surface area contributed by atoms with Crippen LogP contribution in [0.1, 0.15) is 27.3 Å². The van der Waals surface area contributed by atoms with Crippen LogP contribution in [0, 0.1) is 19.7 Å². The minimum Gasteiger partial charge on any atom is -0.344 e. The van der Waals surface area contributed by atoms with Gasteiger partial charge in [0.1, 0.15) is 5.82 Å². The predicted octanol–water partition coefficient (Wildman–Crippen LogP) is 3.27. The number of Topliss-reactive ketones (excluding diaryl/α,β-unsaturated/α-hetero) is 1. The standard InChI is InChI=1S/C26H28FN7O/c1-19-16-24(20(2)33(19)17-21-8-10-22(27)11-9-21)25(35)18-31-12-14-32(15-13-31)26-28-29-30-34(26)23-6-4-3-5-7-23/h3-11,16H,12-15,17-18H2,1-2H3. The average Bonchev–Trinajstić information content (AvgIpc) is 3.47. The van der Waals surface area contributed by atoms with Crippen molar-refractivity contribution in [2.45, 2.75) is 20.4 Å². The summed E-state index contributed by atoms with van der Waals surface area (Å²) in [6, 6.07) is 18.3. The number of benzene rings is 2. The molecule has 0 aliphatic carbocycles. The fourth-order valence-electron chi connectivity index (χ4n) is 4.61. The van der Waals surface area contributed by atoms with Crippen LogP contribution in [-0.4, -0.2) is 68.2 Å². The summed E-state index contributed by atoms with van der Waals surface area (Å²) >= 11 is 0. The number of ketones is 1. The van der Waals surface area contributed by atoms with Crippen LogP contribution in [0.2, 0.25) is 0 Å². The zero-order valence-electron chi connectivity index (χ0n) is 19.9. The van der Waals surface area contributed by atoms with Crippen LogP contribution in [0.5, 0.6) is 0 Å². The first kappa shape index (κ1) is 22.9. The fourth-order valence-corrected chi connectivity index (χ4v) is 4.61. The van der Waals surface area contributed by atoms with Gasteiger partial charge in [-0.2, -0.15) is 4.68 Å². The van der Waals surface area contributed by atoms with Gasteiger partial charge >= 0.3 is 0 Å². The zero-order valence-corrected chi connectivity index (χ0v) is 19.9. The Morgan fingerprint density at radius 3 is 2.40 bits per heavy atom. The Morgan fingerprint density at radius 1 is 0.971 bits per heavy atom. The number of aryl methyl sites for hydroxylation is 1. The van der Waals surface area contributed by atoms with Crippen molar-refractivity contribution >= 4 is 11.7 Å². The molecule has 4 aromatic rings. The molecule has 5 rings (SSSR count). The Kier molecular flexibility index (Phi) is 6.41. The molecule has 1 aliphatic rings. The van der Waals surface area contributed by atoms with Crippen molar-refractivity contribution in [2.75, 3.05) is 37.6 Å². The van der Waals surface area contributed by atoms with Gasteiger partial charge in [-0.05, 0) is 60.2 Å². The molecule has 1 saturated heterocycles. The molecule has 0 N–H and O–H groups in total. The summed E-state index contributed by atoms with van der Waals surface area (Å²) in [5, 5.41) is 12.2. The summed E-state index contributed by atoms with van der Waals surface area (Å²) in [6.07, 6.45) is 0. The first-order valence-electron chi connectivity index (χ1n) is 11.7. The molecular formula is C26H28FN7O. The molecular weight excluding hydrogens is 445 g/mol. The van der Waals surface area contributed by atoms with Gasteiger partial charge < -0.3 is 9.47 Å². The molecule has 35 heavy (non-hydrogen) atoms. The molecule has 2 aromatic heterocycles. The van der Waals surface area contributed by atoms with Gasteiger partial charge in [-0.15, -0.1) is 0 Å². The highest BCUT2D eigenvalue weighted by atomic mass is 19.1. The monoisotopic (exact) mass is 473 g/mol. The van der Waals surface area contributed by atoms with Crippen LogP contribution in [0.15, 0.2) is 60.7 Å². The van der Waals surface area contributed by atoms with E-state index < -0.39 is 0 Å². The molecule has 8 nitrogen and oxygen atoms in total. The molecule has 9 heteroatoms. The van der Waals surface area contributed by atoms with Crippen molar-refractivity contribution in [3.8, 4) is 5.69 Å². The summed E-state index contributed by atoms with van der Waals surface area (Å²) in [7, 11) is 0. The highest BCUT2D eigenvalue weighted by molar-refractivity contribution is 5.99. The molecule has 1 fully saturated rings. The van der Waals surface area contributed by atoms with Crippen LogP contribution in [-0.2, 0) is 6.54 Å². The maximum Gasteiger partial charge on any atom is 0.250 e. The lowest BCUT2D eigenvalue weighted by molar-refractivity contribution is 0.0925. The maximum absolute atomic E-state index is 13.2. The lowest BCUT2D eigenvalue weighted by atomic mass is 10.1. The van der Waals surface area contributed by atoms with Crippen molar-refractivity contribution < 1.29 is 9.18 Å². The predicted molar refractivity (Wildman–Crippen MR) is 132 cm³/mol. The van der Waals surface area contributed by atoms with Crippen LogP contribution < -0.4 is 4.90 Å². The lowest BCUT2D eigenvalue weighted by Crippen LogP contribution is -2.48. The summed E-state index contributed by atoms with van der Waals surface area (Å²) in [6.45, 7) is 7.95. The van der Waals surface area contributed by atoms with E-state index in [0.29, 0.717) is 19.0 Å². The number of para-hydroxylation sites is 1. The number of hydrogen-bond acceptors (Lipinski definition) is 6. The van der Waals surface area contributed by atoms with E-state index in [1.54, 1.807) is 16.8 Å². The number of halogens is 1. The molecule has 0 amide bonds. The molecule has 1 aliphatic heterocycles. The quantitative estimate of drug-likeness (QED) is 0.384. The van der Waals surface area contributed by atoms with Gasteiger partial charge in [-0.1, -0.05) is 35.4 Å². The van der Waals surface area contributed by atoms with E-state index in [2.05, 4.69) is 29.9 Å². The molecule has 0 unspecified atom stereocenters. The third-order valence-electron chi connectivity index (χ3n) is 6.60. The number of aromatic nitrogens is 5. The molecule has 0 spiro atoms. The second kappa shape index (κ2) is 9.79. The minimum atomic E-state index is -0.248. The summed E-state index contributed by atoms with van der Waals surface area (Å²) in [4.78, 5) is 17.5. The zero-order chi connectivity index (χ0) is 24.4. The van der Waals surface area contributed by atoms with Crippen molar-refractivity contribution in [1.29, 1.82) is 0 Å². The van der Waals surface area contributed by atoms with Gasteiger partial charge in [0.05, 0.1) is 12.2 Å². The molecule has 0 radical (unpaired) electrons. The van der Waals surface area contributed by atoms with Crippen molar-refractivity contribution in [3.05, 3.63) is 89.0 Å². The van der Waals surface area contributed by atoms with Gasteiger partial charge in [-0.3, -0.25) is 9.69 Å². The number of anilines is 1. The molecule has 180 valence electrons. The van der Waals surface area contributed by atoms with Crippen LogP contribution in [0.25, 0.3) is 5.69 Å². The van der Waals surface area contributed by atoms with Crippen LogP contribution >= 0.6 is 0 Å². The number of tetrazole rings is 1. The number of nitrogens with zero attached hydrogens (tertiary/aromatic N) is 7. The van der Waals surface area contributed by atoms with E-state index >= 15 is 0 Å². The number of carbonyl (C=O) groups is 1. The Balaban J connectivity index is 1.22. The Hall–Kier alpha value is -3.85. The molecule has 3 heterocycles. The van der Waals surface area contributed by atoms with Crippen molar-refractivity contribution in [1.82, 2.24) is 29.7 Å². The molecule has 0 bridgehead atoms. The van der Waals surface area contributed by atoms with Crippen molar-refractivity contribution in [3.63, 3.8) is 0 Å². The lowest BCUT2D eigenvalue weighted by Gasteiger charge is -2.34. The highest BCUT2D eigenvalue weighted by Gasteiger charge is 2.25. The van der Waals surface area contributed by atoms with Gasteiger partial charge in [0, 0.05) is 49.7 Å². The summed E-state index contributed by atoms with van der Waals surface area (Å²) < 4.78 is 17.1. The molecule has 0 atom stereocenters. The van der Waals surface area contributed by atoms with E-state index in [1.807, 2.05) is 50.2 Å². The highest BCUT2D eigenvalue weighted by Crippen LogP contribution is 2.20. The molecule has 2 aromatic carbocycles. The van der Waals surface area contributed by atoms with Crippen LogP contribution in [0.3, 0.4) is 0 Å². The SMILES string of the molecule is Cc1cc(C(=O)CN2CCN(c3nnnn3-c3ccccc3)CC2)c(C)n1Cc1ccc(F)cc1. The first-order chi connectivity index (χ1) is 17.0. The summed E-state index contributed by atoms with van der Waals surface area (Å²) in [5.74, 6) is 0.583. The van der Waals surface area contributed by atoms with Crippen LogP contribution in [0.4, 0.5) is 10.3 Å². The van der Waals surface area contributed by atoms with Gasteiger partial charge in [-0.25, -0.2) is 4.39 Å². The second-order valence-electron chi connectivity index (χ2n) is 8.91. The Labute approximate surface area is 203 Å². The third kappa shape index (κ3) is 4.85. The Bertz CT molecular complexity index is 1310. The third-order valence-corrected chi connectivity index (χ3v) is 6.60. The number of carbonyl (C=O) groups excluding carboxylic acids is 1.